The third-order valence-electron chi connectivity index (χ3n) is 3.54. The van der Waals surface area contributed by atoms with E-state index in [0.717, 1.165) is 37.3 Å². The second-order valence-electron chi connectivity index (χ2n) is 7.03. The number of benzene rings is 1. The lowest BCUT2D eigenvalue weighted by Crippen LogP contribution is -2.50. The Morgan fingerprint density at radius 2 is 2.00 bits per heavy atom. The van der Waals surface area contributed by atoms with Crippen molar-refractivity contribution in [1.29, 1.82) is 0 Å². The summed E-state index contributed by atoms with van der Waals surface area (Å²) in [5.74, 6) is 0.889. The van der Waals surface area contributed by atoms with Crippen LogP contribution in [0.25, 0.3) is 0 Å². The Kier molecular flexibility index (Phi) is 5.74. The summed E-state index contributed by atoms with van der Waals surface area (Å²) in [5.41, 5.74) is 0.601. The lowest BCUT2D eigenvalue weighted by molar-refractivity contribution is 0.0475. The first-order chi connectivity index (χ1) is 10.9. The standard InChI is InChI=1S/C18H28N2O3/c1-5-9-22-16-8-6-7-13(12-16)19-14-10-15(11-14)20-17(21)23-18(2,3)4/h6-8,12,14-15,19H,5,9-11H2,1-4H3,(H,20,21). The van der Waals surface area contributed by atoms with Crippen molar-refractivity contribution in [3.63, 3.8) is 0 Å². The van der Waals surface area contributed by atoms with Gasteiger partial charge in [0, 0.05) is 23.8 Å². The van der Waals surface area contributed by atoms with E-state index in [4.69, 9.17) is 9.47 Å². The number of rotatable bonds is 6. The number of hydrogen-bond donors (Lipinski definition) is 2. The molecule has 128 valence electrons. The SMILES string of the molecule is CCCOc1cccc(NC2CC(NC(=O)OC(C)(C)C)C2)c1. The van der Waals surface area contributed by atoms with Gasteiger partial charge in [-0.3, -0.25) is 0 Å². The number of amides is 1. The molecule has 1 aliphatic rings. The zero-order chi connectivity index (χ0) is 16.9. The zero-order valence-corrected chi connectivity index (χ0v) is 14.5. The van der Waals surface area contributed by atoms with Crippen LogP contribution in [0, 0.1) is 0 Å². The van der Waals surface area contributed by atoms with Crippen LogP contribution in [0.15, 0.2) is 24.3 Å². The van der Waals surface area contributed by atoms with E-state index in [1.165, 1.54) is 0 Å². The summed E-state index contributed by atoms with van der Waals surface area (Å²) in [4.78, 5) is 11.7. The van der Waals surface area contributed by atoms with Crippen molar-refractivity contribution >= 4 is 11.8 Å². The van der Waals surface area contributed by atoms with Gasteiger partial charge in [-0.2, -0.15) is 0 Å². The van der Waals surface area contributed by atoms with Crippen LogP contribution in [-0.4, -0.2) is 30.4 Å². The Morgan fingerprint density at radius 1 is 1.26 bits per heavy atom. The van der Waals surface area contributed by atoms with Gasteiger partial charge in [-0.1, -0.05) is 13.0 Å². The second kappa shape index (κ2) is 7.57. The molecule has 1 saturated carbocycles. The molecule has 0 bridgehead atoms. The van der Waals surface area contributed by atoms with Crippen LogP contribution in [0.1, 0.15) is 47.0 Å². The molecule has 0 aromatic heterocycles. The van der Waals surface area contributed by atoms with Crippen molar-refractivity contribution in [3.05, 3.63) is 24.3 Å². The quantitative estimate of drug-likeness (QED) is 0.833. The number of carbonyl (C=O) groups excluding carboxylic acids is 1. The Morgan fingerprint density at radius 3 is 2.65 bits per heavy atom. The second-order valence-corrected chi connectivity index (χ2v) is 7.03. The minimum absolute atomic E-state index is 0.182. The average Bonchev–Trinajstić information content (AvgIpc) is 2.41. The predicted molar refractivity (Wildman–Crippen MR) is 92.0 cm³/mol. The summed E-state index contributed by atoms with van der Waals surface area (Å²) in [6, 6.07) is 8.56. The molecule has 0 unspecified atom stereocenters. The predicted octanol–water partition coefficient (Wildman–Crippen LogP) is 3.94. The molecular formula is C18H28N2O3. The van der Waals surface area contributed by atoms with Crippen LogP contribution in [0.5, 0.6) is 5.75 Å². The van der Waals surface area contributed by atoms with E-state index in [2.05, 4.69) is 17.6 Å². The summed E-state index contributed by atoms with van der Waals surface area (Å²) in [6.07, 6.45) is 2.47. The number of carbonyl (C=O) groups is 1. The fourth-order valence-electron chi connectivity index (χ4n) is 2.46. The molecule has 1 fully saturated rings. The minimum atomic E-state index is -0.454. The van der Waals surface area contributed by atoms with E-state index in [1.54, 1.807) is 0 Å². The molecule has 5 nitrogen and oxygen atoms in total. The molecule has 23 heavy (non-hydrogen) atoms. The maximum atomic E-state index is 11.7. The molecule has 0 atom stereocenters. The molecule has 2 rings (SSSR count). The zero-order valence-electron chi connectivity index (χ0n) is 14.5. The molecule has 2 N–H and O–H groups in total. The minimum Gasteiger partial charge on any atom is -0.494 e. The van der Waals surface area contributed by atoms with Gasteiger partial charge in [-0.15, -0.1) is 0 Å². The highest BCUT2D eigenvalue weighted by Gasteiger charge is 2.31. The molecule has 0 heterocycles. The van der Waals surface area contributed by atoms with Crippen molar-refractivity contribution in [1.82, 2.24) is 5.32 Å². The molecule has 0 radical (unpaired) electrons. The van der Waals surface area contributed by atoms with E-state index in [0.29, 0.717) is 6.04 Å². The molecular weight excluding hydrogens is 292 g/mol. The lowest BCUT2D eigenvalue weighted by Gasteiger charge is -2.37. The van der Waals surface area contributed by atoms with Crippen LogP contribution in [0.3, 0.4) is 0 Å². The van der Waals surface area contributed by atoms with E-state index in [1.807, 2.05) is 45.0 Å². The molecule has 0 spiro atoms. The van der Waals surface area contributed by atoms with E-state index >= 15 is 0 Å². The fraction of sp³-hybridized carbons (Fsp3) is 0.611. The molecule has 1 aromatic rings. The number of alkyl carbamates (subject to hydrolysis) is 1. The van der Waals surface area contributed by atoms with Gasteiger partial charge in [-0.05, 0) is 52.2 Å². The van der Waals surface area contributed by atoms with Gasteiger partial charge >= 0.3 is 6.09 Å². The van der Waals surface area contributed by atoms with Gasteiger partial charge in [0.05, 0.1) is 6.61 Å². The van der Waals surface area contributed by atoms with Gasteiger partial charge in [-0.25, -0.2) is 4.79 Å². The Balaban J connectivity index is 1.72. The van der Waals surface area contributed by atoms with Gasteiger partial charge in [0.25, 0.3) is 0 Å². The largest absolute Gasteiger partial charge is 0.494 e. The van der Waals surface area contributed by atoms with Crippen molar-refractivity contribution in [3.8, 4) is 5.75 Å². The van der Waals surface area contributed by atoms with Gasteiger partial charge in [0.15, 0.2) is 0 Å². The van der Waals surface area contributed by atoms with Gasteiger partial charge in [0.1, 0.15) is 11.4 Å². The topological polar surface area (TPSA) is 59.6 Å². The van der Waals surface area contributed by atoms with Gasteiger partial charge < -0.3 is 20.1 Å². The Labute approximate surface area is 138 Å². The monoisotopic (exact) mass is 320 g/mol. The Hall–Kier alpha value is -1.91. The highest BCUT2D eigenvalue weighted by Crippen LogP contribution is 2.26. The molecule has 1 amide bonds. The lowest BCUT2D eigenvalue weighted by atomic mass is 9.86. The maximum absolute atomic E-state index is 11.7. The van der Waals surface area contributed by atoms with E-state index in [9.17, 15) is 4.79 Å². The highest BCUT2D eigenvalue weighted by molar-refractivity contribution is 5.68. The third kappa shape index (κ3) is 6.00. The summed E-state index contributed by atoms with van der Waals surface area (Å²) >= 11 is 0. The number of ether oxygens (including phenoxy) is 2. The van der Waals surface area contributed by atoms with Crippen LogP contribution in [-0.2, 0) is 4.74 Å². The highest BCUT2D eigenvalue weighted by atomic mass is 16.6. The first kappa shape index (κ1) is 17.4. The molecule has 0 saturated heterocycles. The number of anilines is 1. The van der Waals surface area contributed by atoms with E-state index < -0.39 is 5.60 Å². The summed E-state index contributed by atoms with van der Waals surface area (Å²) < 4.78 is 10.9. The van der Waals surface area contributed by atoms with Crippen LogP contribution < -0.4 is 15.4 Å². The van der Waals surface area contributed by atoms with Crippen molar-refractivity contribution in [2.45, 2.75) is 64.6 Å². The first-order valence-electron chi connectivity index (χ1n) is 8.34. The fourth-order valence-corrected chi connectivity index (χ4v) is 2.46. The van der Waals surface area contributed by atoms with Crippen molar-refractivity contribution in [2.75, 3.05) is 11.9 Å². The third-order valence-corrected chi connectivity index (χ3v) is 3.54. The summed E-state index contributed by atoms with van der Waals surface area (Å²) in [5, 5.41) is 6.38. The number of hydrogen-bond acceptors (Lipinski definition) is 4. The smallest absolute Gasteiger partial charge is 0.407 e. The maximum Gasteiger partial charge on any atom is 0.407 e. The summed E-state index contributed by atoms with van der Waals surface area (Å²) in [7, 11) is 0. The molecule has 1 aromatic carbocycles. The first-order valence-corrected chi connectivity index (χ1v) is 8.34. The van der Waals surface area contributed by atoms with Crippen LogP contribution >= 0.6 is 0 Å². The van der Waals surface area contributed by atoms with Crippen LogP contribution in [0.2, 0.25) is 0 Å². The van der Waals surface area contributed by atoms with E-state index in [-0.39, 0.29) is 12.1 Å². The van der Waals surface area contributed by atoms with Crippen molar-refractivity contribution in [2.24, 2.45) is 0 Å². The normalized spacial score (nSPS) is 20.3. The van der Waals surface area contributed by atoms with Crippen LogP contribution in [0.4, 0.5) is 10.5 Å². The Bertz CT molecular complexity index is 519. The van der Waals surface area contributed by atoms with Gasteiger partial charge in [0.2, 0.25) is 0 Å². The summed E-state index contributed by atoms with van der Waals surface area (Å²) in [6.45, 7) is 8.42. The molecule has 5 heteroatoms. The average molecular weight is 320 g/mol. The van der Waals surface area contributed by atoms with Crippen molar-refractivity contribution < 1.29 is 14.3 Å². The molecule has 0 aliphatic heterocycles. The molecule has 1 aliphatic carbocycles. The number of nitrogens with one attached hydrogen (secondary N) is 2.